The Morgan fingerprint density at radius 1 is 1.60 bits per heavy atom. The molecule has 1 amide bonds. The molecular weight excluding hydrogens is 292 g/mol. The van der Waals surface area contributed by atoms with Crippen molar-refractivity contribution in [1.29, 1.82) is 0 Å². The maximum absolute atomic E-state index is 12.3. The van der Waals surface area contributed by atoms with E-state index < -0.39 is 6.04 Å². The first-order chi connectivity index (χ1) is 9.54. The van der Waals surface area contributed by atoms with E-state index in [1.807, 2.05) is 38.3 Å². The van der Waals surface area contributed by atoms with Crippen LogP contribution in [0.2, 0.25) is 0 Å². The Labute approximate surface area is 127 Å². The van der Waals surface area contributed by atoms with Crippen molar-refractivity contribution in [3.05, 3.63) is 22.3 Å². The first kappa shape index (κ1) is 14.9. The van der Waals surface area contributed by atoms with Crippen LogP contribution in [0, 0.1) is 4.77 Å². The summed E-state index contributed by atoms with van der Waals surface area (Å²) >= 11 is 6.82. The van der Waals surface area contributed by atoms with Crippen LogP contribution in [0.3, 0.4) is 0 Å². The van der Waals surface area contributed by atoms with Crippen molar-refractivity contribution in [2.45, 2.75) is 39.3 Å². The van der Waals surface area contributed by atoms with Crippen LogP contribution < -0.4 is 5.32 Å². The summed E-state index contributed by atoms with van der Waals surface area (Å²) in [5.74, 6) is 0.659. The number of carbonyl (C=O) groups excluding carboxylic acids is 1. The van der Waals surface area contributed by atoms with Crippen molar-refractivity contribution < 1.29 is 4.79 Å². The third kappa shape index (κ3) is 2.99. The number of carbonyl (C=O) groups is 1. The number of hydrogen-bond donors (Lipinski definition) is 2. The molecule has 0 saturated heterocycles. The fraction of sp³-hybridized carbons (Fsp3) is 0.462. The number of aromatic amines is 1. The molecule has 0 saturated carbocycles. The second kappa shape index (κ2) is 6.32. The number of aromatic nitrogens is 3. The van der Waals surface area contributed by atoms with Crippen LogP contribution in [0.5, 0.6) is 0 Å². The lowest BCUT2D eigenvalue weighted by Crippen LogP contribution is -2.37. The van der Waals surface area contributed by atoms with Gasteiger partial charge in [-0.15, -0.1) is 11.3 Å². The van der Waals surface area contributed by atoms with Gasteiger partial charge in [-0.1, -0.05) is 13.0 Å². The van der Waals surface area contributed by atoms with Crippen molar-refractivity contribution in [1.82, 2.24) is 20.1 Å². The summed E-state index contributed by atoms with van der Waals surface area (Å²) in [6.45, 7) is 5.86. The smallest absolute Gasteiger partial charge is 0.243 e. The number of hydrogen-bond acceptors (Lipinski definition) is 4. The van der Waals surface area contributed by atoms with Gasteiger partial charge in [-0.25, -0.2) is 0 Å². The van der Waals surface area contributed by atoms with Gasteiger partial charge in [0.15, 0.2) is 10.6 Å². The molecule has 0 aromatic carbocycles. The Balaban J connectivity index is 2.31. The van der Waals surface area contributed by atoms with Crippen LogP contribution in [0.25, 0.3) is 10.7 Å². The standard InChI is InChI=1S/C13H18N4OS2/c1-4-8(2)14-12(18)9(3)17-11(15-16-13(17)19)10-6-5-7-20-10/h5-9H,4H2,1-3H3,(H,14,18)(H,16,19). The largest absolute Gasteiger partial charge is 0.352 e. The fourth-order valence-corrected chi connectivity index (χ4v) is 2.83. The topological polar surface area (TPSA) is 62.7 Å². The van der Waals surface area contributed by atoms with E-state index in [1.54, 1.807) is 15.9 Å². The summed E-state index contributed by atoms with van der Waals surface area (Å²) < 4.78 is 2.22. The molecule has 20 heavy (non-hydrogen) atoms. The minimum absolute atomic E-state index is 0.0466. The molecule has 108 valence electrons. The molecule has 2 N–H and O–H groups in total. The van der Waals surface area contributed by atoms with Crippen molar-refractivity contribution in [3.8, 4) is 10.7 Å². The van der Waals surface area contributed by atoms with Crippen molar-refractivity contribution in [2.75, 3.05) is 0 Å². The van der Waals surface area contributed by atoms with Gasteiger partial charge >= 0.3 is 0 Å². The van der Waals surface area contributed by atoms with E-state index in [-0.39, 0.29) is 11.9 Å². The quantitative estimate of drug-likeness (QED) is 0.834. The summed E-state index contributed by atoms with van der Waals surface area (Å²) in [5.41, 5.74) is 0. The highest BCUT2D eigenvalue weighted by molar-refractivity contribution is 7.71. The molecule has 2 rings (SSSR count). The first-order valence-electron chi connectivity index (χ1n) is 6.55. The number of H-pyrrole nitrogens is 1. The molecule has 0 radical (unpaired) electrons. The van der Waals surface area contributed by atoms with E-state index >= 15 is 0 Å². The molecule has 2 heterocycles. The Hall–Kier alpha value is -1.47. The Kier molecular flexibility index (Phi) is 4.72. The Morgan fingerprint density at radius 3 is 2.95 bits per heavy atom. The van der Waals surface area contributed by atoms with Crippen LogP contribution in [0.4, 0.5) is 0 Å². The van der Waals surface area contributed by atoms with Crippen LogP contribution in [-0.2, 0) is 4.79 Å². The molecule has 2 aromatic rings. The van der Waals surface area contributed by atoms with Gasteiger partial charge < -0.3 is 5.32 Å². The normalized spacial score (nSPS) is 13.9. The molecule has 0 aliphatic heterocycles. The summed E-state index contributed by atoms with van der Waals surface area (Å²) in [6.07, 6.45) is 0.896. The minimum atomic E-state index is -0.396. The predicted octanol–water partition coefficient (Wildman–Crippen LogP) is 3.14. The molecular formula is C13H18N4OS2. The lowest BCUT2D eigenvalue weighted by molar-refractivity contribution is -0.124. The number of thiophene rings is 1. The monoisotopic (exact) mass is 310 g/mol. The number of amides is 1. The molecule has 0 fully saturated rings. The zero-order valence-corrected chi connectivity index (χ0v) is 13.3. The molecule has 2 atom stereocenters. The van der Waals surface area contributed by atoms with Crippen molar-refractivity contribution in [3.63, 3.8) is 0 Å². The van der Waals surface area contributed by atoms with Crippen molar-refractivity contribution in [2.24, 2.45) is 0 Å². The third-order valence-electron chi connectivity index (χ3n) is 3.21. The van der Waals surface area contributed by atoms with Gasteiger partial charge in [0.05, 0.1) is 4.88 Å². The SMILES string of the molecule is CCC(C)NC(=O)C(C)n1c(-c2cccs2)n[nH]c1=S. The number of nitrogens with zero attached hydrogens (tertiary/aromatic N) is 2. The minimum Gasteiger partial charge on any atom is -0.352 e. The maximum atomic E-state index is 12.3. The summed E-state index contributed by atoms with van der Waals surface area (Å²) in [6, 6.07) is 3.67. The molecule has 2 unspecified atom stereocenters. The molecule has 7 heteroatoms. The zero-order chi connectivity index (χ0) is 14.7. The van der Waals surface area contributed by atoms with E-state index in [0.717, 1.165) is 11.3 Å². The van der Waals surface area contributed by atoms with E-state index in [1.165, 1.54) is 0 Å². The molecule has 0 bridgehead atoms. The molecule has 2 aromatic heterocycles. The highest BCUT2D eigenvalue weighted by Gasteiger charge is 2.21. The molecule has 0 aliphatic carbocycles. The Morgan fingerprint density at radius 2 is 2.35 bits per heavy atom. The van der Waals surface area contributed by atoms with E-state index in [4.69, 9.17) is 12.2 Å². The third-order valence-corrected chi connectivity index (χ3v) is 4.37. The lowest BCUT2D eigenvalue weighted by Gasteiger charge is -2.18. The van der Waals surface area contributed by atoms with Gasteiger partial charge in [0.25, 0.3) is 0 Å². The van der Waals surface area contributed by atoms with Crippen LogP contribution in [-0.4, -0.2) is 26.7 Å². The van der Waals surface area contributed by atoms with E-state index in [2.05, 4.69) is 15.5 Å². The van der Waals surface area contributed by atoms with Gasteiger partial charge in [-0.3, -0.25) is 14.5 Å². The summed E-state index contributed by atoms with van der Waals surface area (Å²) in [5, 5.41) is 12.0. The maximum Gasteiger partial charge on any atom is 0.243 e. The Bertz CT molecular complexity index is 629. The summed E-state index contributed by atoms with van der Waals surface area (Å²) in [4.78, 5) is 13.3. The first-order valence-corrected chi connectivity index (χ1v) is 7.84. The van der Waals surface area contributed by atoms with Crippen LogP contribution in [0.1, 0.15) is 33.2 Å². The van der Waals surface area contributed by atoms with E-state index in [0.29, 0.717) is 10.6 Å². The average Bonchev–Trinajstić information content (AvgIpc) is 3.06. The fourth-order valence-electron chi connectivity index (χ4n) is 1.83. The molecule has 5 nitrogen and oxygen atoms in total. The molecule has 0 aliphatic rings. The highest BCUT2D eigenvalue weighted by atomic mass is 32.1. The number of rotatable bonds is 5. The van der Waals surface area contributed by atoms with Gasteiger partial charge in [0, 0.05) is 6.04 Å². The average molecular weight is 310 g/mol. The predicted molar refractivity (Wildman–Crippen MR) is 83.3 cm³/mol. The molecule has 0 spiro atoms. The summed E-state index contributed by atoms with van der Waals surface area (Å²) in [7, 11) is 0. The lowest BCUT2D eigenvalue weighted by atomic mass is 10.2. The van der Waals surface area contributed by atoms with Gasteiger partial charge in [0.1, 0.15) is 6.04 Å². The second-order valence-electron chi connectivity index (χ2n) is 4.69. The van der Waals surface area contributed by atoms with Gasteiger partial charge in [-0.05, 0) is 43.9 Å². The highest BCUT2D eigenvalue weighted by Crippen LogP contribution is 2.25. The zero-order valence-electron chi connectivity index (χ0n) is 11.7. The second-order valence-corrected chi connectivity index (χ2v) is 6.03. The number of nitrogens with one attached hydrogen (secondary N) is 2. The van der Waals surface area contributed by atoms with Crippen LogP contribution in [0.15, 0.2) is 17.5 Å². The van der Waals surface area contributed by atoms with Gasteiger partial charge in [-0.2, -0.15) is 5.10 Å². The van der Waals surface area contributed by atoms with Crippen molar-refractivity contribution >= 4 is 29.5 Å². The van der Waals surface area contributed by atoms with Gasteiger partial charge in [0.2, 0.25) is 5.91 Å². The van der Waals surface area contributed by atoms with E-state index in [9.17, 15) is 4.79 Å². The van der Waals surface area contributed by atoms with Crippen LogP contribution >= 0.6 is 23.6 Å².